The number of nitrogens with zero attached hydrogens (tertiary/aromatic N) is 2. The van der Waals surface area contributed by atoms with Gasteiger partial charge in [-0.2, -0.15) is 0 Å². The quantitative estimate of drug-likeness (QED) is 0.824. The van der Waals surface area contributed by atoms with E-state index < -0.39 is 0 Å². The molecule has 4 heteroatoms. The Morgan fingerprint density at radius 2 is 2.12 bits per heavy atom. The number of alkyl halides is 1. The normalized spacial score (nSPS) is 12.4. The molecule has 3 nitrogen and oxygen atoms in total. The van der Waals surface area contributed by atoms with Crippen LogP contribution in [0.1, 0.15) is 18.5 Å². The van der Waals surface area contributed by atoms with E-state index in [0.717, 1.165) is 12.5 Å². The minimum absolute atomic E-state index is 0.0885. The molecule has 0 amide bonds. The van der Waals surface area contributed by atoms with Gasteiger partial charge >= 0.3 is 0 Å². The molecular weight excluding hydrogens is 234 g/mol. The third-order valence-electron chi connectivity index (χ3n) is 2.72. The minimum atomic E-state index is 0.0885. The molecule has 2 aromatic rings. The van der Waals surface area contributed by atoms with E-state index in [1.54, 1.807) is 6.20 Å². The van der Waals surface area contributed by atoms with Crippen molar-refractivity contribution < 1.29 is 0 Å². The summed E-state index contributed by atoms with van der Waals surface area (Å²) in [5.41, 5.74) is 1.17. The van der Waals surface area contributed by atoms with Crippen LogP contribution in [0, 0.1) is 0 Å². The summed E-state index contributed by atoms with van der Waals surface area (Å²) >= 11 is 6.01. The number of aromatic nitrogens is 2. The Labute approximate surface area is 106 Å². The summed E-state index contributed by atoms with van der Waals surface area (Å²) < 4.78 is 2.06. The largest absolute Gasteiger partial charge is 0.348 e. The average molecular weight is 250 g/mol. The van der Waals surface area contributed by atoms with Gasteiger partial charge in [-0.3, -0.25) is 0 Å². The molecule has 1 heterocycles. The summed E-state index contributed by atoms with van der Waals surface area (Å²) in [5.74, 6) is 1.38. The van der Waals surface area contributed by atoms with Crippen molar-refractivity contribution >= 4 is 17.5 Å². The molecule has 1 N–H and O–H groups in total. The zero-order valence-electron chi connectivity index (χ0n) is 9.81. The zero-order chi connectivity index (χ0) is 12.1. The molecular formula is C13H16ClN3. The van der Waals surface area contributed by atoms with Crippen LogP contribution in [-0.4, -0.2) is 15.4 Å². The molecule has 1 atom stereocenters. The first-order chi connectivity index (χ1) is 8.35. The number of nitrogens with one attached hydrogen (secondary N) is 1. The summed E-state index contributed by atoms with van der Waals surface area (Å²) in [5, 5.41) is 3.36. The maximum absolute atomic E-state index is 6.01. The van der Waals surface area contributed by atoms with E-state index in [9.17, 15) is 0 Å². The van der Waals surface area contributed by atoms with E-state index in [-0.39, 0.29) is 6.04 Å². The molecule has 0 aliphatic rings. The lowest BCUT2D eigenvalue weighted by Crippen LogP contribution is -2.15. The van der Waals surface area contributed by atoms with Gasteiger partial charge < -0.3 is 9.88 Å². The van der Waals surface area contributed by atoms with Crippen LogP contribution in [0.3, 0.4) is 0 Å². The van der Waals surface area contributed by atoms with E-state index in [4.69, 9.17) is 11.6 Å². The van der Waals surface area contributed by atoms with Crippen molar-refractivity contribution in [2.45, 2.75) is 19.5 Å². The van der Waals surface area contributed by atoms with Gasteiger partial charge in [0.05, 0.1) is 6.04 Å². The number of imidazole rings is 1. The molecule has 1 aromatic heterocycles. The maximum atomic E-state index is 6.01. The molecule has 0 radical (unpaired) electrons. The monoisotopic (exact) mass is 249 g/mol. The summed E-state index contributed by atoms with van der Waals surface area (Å²) in [6.07, 6.45) is 3.75. The van der Waals surface area contributed by atoms with Crippen LogP contribution in [0.4, 0.5) is 5.95 Å². The van der Waals surface area contributed by atoms with Gasteiger partial charge in [-0.05, 0) is 12.5 Å². The number of hydrogen-bond donors (Lipinski definition) is 1. The van der Waals surface area contributed by atoms with Crippen LogP contribution in [0.15, 0.2) is 42.7 Å². The van der Waals surface area contributed by atoms with Crippen molar-refractivity contribution in [1.82, 2.24) is 9.55 Å². The third kappa shape index (κ3) is 2.80. The lowest BCUT2D eigenvalue weighted by Gasteiger charge is -2.17. The predicted molar refractivity (Wildman–Crippen MR) is 71.4 cm³/mol. The average Bonchev–Trinajstić information content (AvgIpc) is 2.84. The lowest BCUT2D eigenvalue weighted by atomic mass is 10.1. The topological polar surface area (TPSA) is 29.9 Å². The van der Waals surface area contributed by atoms with Gasteiger partial charge in [-0.15, -0.1) is 11.6 Å². The van der Waals surface area contributed by atoms with Crippen molar-refractivity contribution in [3.63, 3.8) is 0 Å². The van der Waals surface area contributed by atoms with Crippen LogP contribution in [0.2, 0.25) is 0 Å². The SMILES string of the molecule is CCn1ccnc1NC(CCl)c1ccccc1. The predicted octanol–water partition coefficient (Wildman–Crippen LogP) is 3.30. The number of anilines is 1. The fourth-order valence-corrected chi connectivity index (χ4v) is 2.01. The van der Waals surface area contributed by atoms with Crippen molar-refractivity contribution in [1.29, 1.82) is 0 Å². The highest BCUT2D eigenvalue weighted by Gasteiger charge is 2.11. The molecule has 0 fully saturated rings. The zero-order valence-corrected chi connectivity index (χ0v) is 10.6. The Balaban J connectivity index is 2.16. The van der Waals surface area contributed by atoms with E-state index in [1.807, 2.05) is 24.4 Å². The molecule has 0 aliphatic carbocycles. The highest BCUT2D eigenvalue weighted by molar-refractivity contribution is 6.18. The summed E-state index contributed by atoms with van der Waals surface area (Å²) in [4.78, 5) is 4.29. The highest BCUT2D eigenvalue weighted by Crippen LogP contribution is 2.19. The standard InChI is InChI=1S/C13H16ClN3/c1-2-17-9-8-15-13(17)16-12(10-14)11-6-4-3-5-7-11/h3-9,12H,2,10H2,1H3,(H,15,16). The minimum Gasteiger partial charge on any atom is -0.348 e. The Hall–Kier alpha value is -1.48. The summed E-state index contributed by atoms with van der Waals surface area (Å²) in [6, 6.07) is 10.3. The molecule has 0 bridgehead atoms. The molecule has 1 unspecified atom stereocenters. The van der Waals surface area contributed by atoms with Gasteiger partial charge in [0.2, 0.25) is 5.95 Å². The van der Waals surface area contributed by atoms with Crippen molar-refractivity contribution in [3.05, 3.63) is 48.3 Å². The van der Waals surface area contributed by atoms with E-state index in [0.29, 0.717) is 5.88 Å². The van der Waals surface area contributed by atoms with Crippen molar-refractivity contribution in [3.8, 4) is 0 Å². The Morgan fingerprint density at radius 1 is 1.35 bits per heavy atom. The first-order valence-electron chi connectivity index (χ1n) is 5.73. The number of rotatable bonds is 5. The molecule has 2 rings (SSSR count). The fourth-order valence-electron chi connectivity index (χ4n) is 1.76. The van der Waals surface area contributed by atoms with Crippen molar-refractivity contribution in [2.24, 2.45) is 0 Å². The first-order valence-corrected chi connectivity index (χ1v) is 6.27. The fraction of sp³-hybridized carbons (Fsp3) is 0.308. The smallest absolute Gasteiger partial charge is 0.203 e. The number of halogens is 1. The van der Waals surface area contributed by atoms with Gasteiger partial charge in [0.25, 0.3) is 0 Å². The molecule has 0 aliphatic heterocycles. The number of aryl methyl sites for hydroxylation is 1. The lowest BCUT2D eigenvalue weighted by molar-refractivity contribution is 0.745. The van der Waals surface area contributed by atoms with Crippen LogP contribution in [0.25, 0.3) is 0 Å². The van der Waals surface area contributed by atoms with Gasteiger partial charge in [0, 0.05) is 24.8 Å². The Morgan fingerprint density at radius 3 is 2.76 bits per heavy atom. The third-order valence-corrected chi connectivity index (χ3v) is 3.02. The summed E-state index contributed by atoms with van der Waals surface area (Å²) in [6.45, 7) is 2.98. The molecule has 0 saturated carbocycles. The van der Waals surface area contributed by atoms with Gasteiger partial charge in [-0.1, -0.05) is 30.3 Å². The number of hydrogen-bond acceptors (Lipinski definition) is 2. The second kappa shape index (κ2) is 5.73. The Kier molecular flexibility index (Phi) is 4.04. The van der Waals surface area contributed by atoms with Gasteiger partial charge in [0.1, 0.15) is 0 Å². The summed E-state index contributed by atoms with van der Waals surface area (Å²) in [7, 11) is 0. The van der Waals surface area contributed by atoms with Crippen LogP contribution in [-0.2, 0) is 6.54 Å². The van der Waals surface area contributed by atoms with Crippen molar-refractivity contribution in [2.75, 3.05) is 11.2 Å². The van der Waals surface area contributed by atoms with Crippen LogP contribution < -0.4 is 5.32 Å². The molecule has 90 valence electrons. The second-order valence-electron chi connectivity index (χ2n) is 3.80. The van der Waals surface area contributed by atoms with E-state index in [1.165, 1.54) is 5.56 Å². The second-order valence-corrected chi connectivity index (χ2v) is 4.11. The van der Waals surface area contributed by atoms with Gasteiger partial charge in [-0.25, -0.2) is 4.98 Å². The van der Waals surface area contributed by atoms with E-state index >= 15 is 0 Å². The van der Waals surface area contributed by atoms with Crippen LogP contribution >= 0.6 is 11.6 Å². The highest BCUT2D eigenvalue weighted by atomic mass is 35.5. The molecule has 17 heavy (non-hydrogen) atoms. The molecule has 0 saturated heterocycles. The Bertz CT molecular complexity index is 453. The first kappa shape index (κ1) is 12.0. The van der Waals surface area contributed by atoms with Gasteiger partial charge in [0.15, 0.2) is 0 Å². The molecule has 0 spiro atoms. The van der Waals surface area contributed by atoms with Crippen LogP contribution in [0.5, 0.6) is 0 Å². The molecule has 1 aromatic carbocycles. The number of benzene rings is 1. The maximum Gasteiger partial charge on any atom is 0.203 e. The van der Waals surface area contributed by atoms with E-state index in [2.05, 4.69) is 33.9 Å².